The number of fused-ring (bicyclic) bond motifs is 1. The first-order valence-corrected chi connectivity index (χ1v) is 9.58. The van der Waals surface area contributed by atoms with Gasteiger partial charge in [-0.2, -0.15) is 18.3 Å². The molecule has 1 unspecified atom stereocenters. The Hall–Kier alpha value is -2.31. The first-order valence-electron chi connectivity index (χ1n) is 9.58. The number of alkyl halides is 3. The van der Waals surface area contributed by atoms with Gasteiger partial charge in [-0.05, 0) is 42.4 Å². The van der Waals surface area contributed by atoms with E-state index in [0.29, 0.717) is 6.42 Å². The average Bonchev–Trinajstić information content (AvgIpc) is 3.04. The van der Waals surface area contributed by atoms with Gasteiger partial charge >= 0.3 is 6.18 Å². The van der Waals surface area contributed by atoms with Gasteiger partial charge in [-0.25, -0.2) is 4.68 Å². The molecule has 1 atom stereocenters. The van der Waals surface area contributed by atoms with Gasteiger partial charge < -0.3 is 5.32 Å². The Balaban J connectivity index is 1.76. The van der Waals surface area contributed by atoms with Crippen LogP contribution in [-0.2, 0) is 16.6 Å². The molecule has 0 bridgehead atoms. The average molecular weight is 393 g/mol. The van der Waals surface area contributed by atoms with Crippen LogP contribution in [0.4, 0.5) is 13.2 Å². The second-order valence-electron chi connectivity index (χ2n) is 8.38. The summed E-state index contributed by atoms with van der Waals surface area (Å²) in [7, 11) is 0. The van der Waals surface area contributed by atoms with Gasteiger partial charge in [-0.1, -0.05) is 32.9 Å². The summed E-state index contributed by atoms with van der Waals surface area (Å²) < 4.78 is 38.9. The summed E-state index contributed by atoms with van der Waals surface area (Å²) in [6.07, 6.45) is -1.86. The summed E-state index contributed by atoms with van der Waals surface area (Å²) >= 11 is 0. The predicted molar refractivity (Wildman–Crippen MR) is 101 cm³/mol. The van der Waals surface area contributed by atoms with E-state index < -0.39 is 24.9 Å². The number of aromatic nitrogens is 2. The molecule has 0 saturated carbocycles. The number of hydrogen-bond acceptors (Lipinski definition) is 2. The Kier molecular flexibility index (Phi) is 5.55. The lowest BCUT2D eigenvalue weighted by Crippen LogP contribution is -2.31. The van der Waals surface area contributed by atoms with Crippen molar-refractivity contribution in [3.05, 3.63) is 47.3 Å². The smallest absolute Gasteiger partial charge is 0.349 e. The van der Waals surface area contributed by atoms with Crippen LogP contribution in [0, 0.1) is 0 Å². The lowest BCUT2D eigenvalue weighted by atomic mass is 9.87. The second kappa shape index (κ2) is 7.60. The predicted octanol–water partition coefficient (Wildman–Crippen LogP) is 5.01. The van der Waals surface area contributed by atoms with Gasteiger partial charge in [-0.3, -0.25) is 4.79 Å². The zero-order valence-corrected chi connectivity index (χ0v) is 16.4. The second-order valence-corrected chi connectivity index (χ2v) is 8.38. The largest absolute Gasteiger partial charge is 0.389 e. The highest BCUT2D eigenvalue weighted by molar-refractivity contribution is 5.76. The first-order chi connectivity index (χ1) is 13.0. The van der Waals surface area contributed by atoms with Crippen molar-refractivity contribution in [3.8, 4) is 5.69 Å². The van der Waals surface area contributed by atoms with Crippen LogP contribution in [0.5, 0.6) is 0 Å². The topological polar surface area (TPSA) is 46.9 Å². The van der Waals surface area contributed by atoms with Gasteiger partial charge in [0.25, 0.3) is 0 Å². The fourth-order valence-corrected chi connectivity index (χ4v) is 3.55. The minimum atomic E-state index is -4.32. The Morgan fingerprint density at radius 3 is 2.50 bits per heavy atom. The lowest BCUT2D eigenvalue weighted by Gasteiger charge is -2.24. The number of halogens is 3. The van der Waals surface area contributed by atoms with Crippen LogP contribution in [0.25, 0.3) is 5.69 Å². The zero-order chi connectivity index (χ0) is 20.5. The molecule has 1 aliphatic carbocycles. The van der Waals surface area contributed by atoms with E-state index in [4.69, 9.17) is 0 Å². The van der Waals surface area contributed by atoms with E-state index in [-0.39, 0.29) is 11.5 Å². The van der Waals surface area contributed by atoms with Gasteiger partial charge in [0.05, 0.1) is 24.3 Å². The normalized spacial score (nSPS) is 17.3. The third-order valence-electron chi connectivity index (χ3n) is 5.13. The van der Waals surface area contributed by atoms with Crippen LogP contribution in [0.2, 0.25) is 0 Å². The molecule has 1 aromatic carbocycles. The highest BCUT2D eigenvalue weighted by atomic mass is 19.4. The standard InChI is InChI=1S/C21H26F3N3O/c1-20(2,3)14-7-9-15(10-8-14)27-18-6-4-5-17(16(18)13-25-27)26-19(28)11-12-21(22,23)24/h7-10,13,17H,4-6,11-12H2,1-3H3,(H,26,28). The third kappa shape index (κ3) is 4.75. The van der Waals surface area contributed by atoms with Crippen LogP contribution in [-0.4, -0.2) is 21.9 Å². The molecule has 2 aromatic rings. The molecule has 4 nitrogen and oxygen atoms in total. The Bertz CT molecular complexity index is 832. The SMILES string of the molecule is CC(C)(C)c1ccc(-n2ncc3c2CCCC3NC(=O)CCC(F)(F)F)cc1. The molecule has 3 rings (SSSR count). The molecule has 1 aliphatic rings. The molecule has 1 N–H and O–H groups in total. The highest BCUT2D eigenvalue weighted by Gasteiger charge is 2.30. The molecule has 1 aromatic heterocycles. The van der Waals surface area contributed by atoms with Gasteiger partial charge in [-0.15, -0.1) is 0 Å². The molecule has 7 heteroatoms. The lowest BCUT2D eigenvalue weighted by molar-refractivity contribution is -0.144. The summed E-state index contributed by atoms with van der Waals surface area (Å²) in [5.41, 5.74) is 4.14. The molecule has 1 heterocycles. The van der Waals surface area contributed by atoms with Crippen LogP contribution in [0.3, 0.4) is 0 Å². The van der Waals surface area contributed by atoms with Crippen molar-refractivity contribution < 1.29 is 18.0 Å². The number of carbonyl (C=O) groups excluding carboxylic acids is 1. The Morgan fingerprint density at radius 2 is 1.89 bits per heavy atom. The molecule has 0 spiro atoms. The van der Waals surface area contributed by atoms with E-state index in [1.807, 2.05) is 16.8 Å². The van der Waals surface area contributed by atoms with E-state index in [2.05, 4.69) is 43.3 Å². The van der Waals surface area contributed by atoms with E-state index in [1.54, 1.807) is 6.20 Å². The van der Waals surface area contributed by atoms with Crippen LogP contribution >= 0.6 is 0 Å². The molecule has 0 aliphatic heterocycles. The Labute approximate surface area is 163 Å². The maximum absolute atomic E-state index is 12.3. The third-order valence-corrected chi connectivity index (χ3v) is 5.13. The van der Waals surface area contributed by atoms with Gasteiger partial charge in [0, 0.05) is 17.7 Å². The quantitative estimate of drug-likeness (QED) is 0.794. The number of carbonyl (C=O) groups is 1. The molecule has 0 saturated heterocycles. The molecular formula is C21H26F3N3O. The zero-order valence-electron chi connectivity index (χ0n) is 16.4. The van der Waals surface area contributed by atoms with Crippen molar-refractivity contribution in [3.63, 3.8) is 0 Å². The molecular weight excluding hydrogens is 367 g/mol. The van der Waals surface area contributed by atoms with Gasteiger partial charge in [0.2, 0.25) is 5.91 Å². The number of hydrogen-bond donors (Lipinski definition) is 1. The maximum atomic E-state index is 12.3. The maximum Gasteiger partial charge on any atom is 0.389 e. The fraction of sp³-hybridized carbons (Fsp3) is 0.524. The van der Waals surface area contributed by atoms with Crippen molar-refractivity contribution in [1.82, 2.24) is 15.1 Å². The number of nitrogens with one attached hydrogen (secondary N) is 1. The van der Waals surface area contributed by atoms with Crippen molar-refractivity contribution in [2.45, 2.75) is 70.5 Å². The van der Waals surface area contributed by atoms with Crippen molar-refractivity contribution in [2.75, 3.05) is 0 Å². The number of rotatable bonds is 4. The minimum Gasteiger partial charge on any atom is -0.349 e. The van der Waals surface area contributed by atoms with E-state index in [0.717, 1.165) is 29.8 Å². The number of benzene rings is 1. The molecule has 0 radical (unpaired) electrons. The summed E-state index contributed by atoms with van der Waals surface area (Å²) in [4.78, 5) is 11.9. The van der Waals surface area contributed by atoms with E-state index in [9.17, 15) is 18.0 Å². The van der Waals surface area contributed by atoms with Crippen molar-refractivity contribution >= 4 is 5.91 Å². The summed E-state index contributed by atoms with van der Waals surface area (Å²) in [5, 5.41) is 7.24. The molecule has 28 heavy (non-hydrogen) atoms. The van der Waals surface area contributed by atoms with Crippen molar-refractivity contribution in [2.24, 2.45) is 0 Å². The molecule has 0 fully saturated rings. The molecule has 152 valence electrons. The number of amides is 1. The van der Waals surface area contributed by atoms with Gasteiger partial charge in [0.1, 0.15) is 0 Å². The summed E-state index contributed by atoms with van der Waals surface area (Å²) in [6, 6.07) is 7.94. The monoisotopic (exact) mass is 393 g/mol. The fourth-order valence-electron chi connectivity index (χ4n) is 3.55. The highest BCUT2D eigenvalue weighted by Crippen LogP contribution is 2.32. The van der Waals surface area contributed by atoms with E-state index >= 15 is 0 Å². The number of nitrogens with zero attached hydrogens (tertiary/aromatic N) is 2. The summed E-state index contributed by atoms with van der Waals surface area (Å²) in [5.74, 6) is -0.572. The molecule has 1 amide bonds. The Morgan fingerprint density at radius 1 is 1.21 bits per heavy atom. The van der Waals surface area contributed by atoms with Crippen LogP contribution in [0.15, 0.2) is 30.5 Å². The van der Waals surface area contributed by atoms with E-state index in [1.165, 1.54) is 5.56 Å². The first kappa shape index (κ1) is 20.4. The van der Waals surface area contributed by atoms with Crippen LogP contribution < -0.4 is 5.32 Å². The van der Waals surface area contributed by atoms with Gasteiger partial charge in [0.15, 0.2) is 0 Å². The minimum absolute atomic E-state index is 0.0634. The summed E-state index contributed by atoms with van der Waals surface area (Å²) in [6.45, 7) is 6.47. The van der Waals surface area contributed by atoms with Crippen molar-refractivity contribution in [1.29, 1.82) is 0 Å². The van der Waals surface area contributed by atoms with Crippen LogP contribution in [0.1, 0.15) is 69.3 Å².